The third-order valence-corrected chi connectivity index (χ3v) is 2.82. The fourth-order valence-corrected chi connectivity index (χ4v) is 1.59. The van der Waals surface area contributed by atoms with E-state index >= 15 is 0 Å². The van der Waals surface area contributed by atoms with Crippen LogP contribution in [0.4, 0.5) is 0 Å². The van der Waals surface area contributed by atoms with Crippen LogP contribution in [-0.4, -0.2) is 18.2 Å². The summed E-state index contributed by atoms with van der Waals surface area (Å²) in [6, 6.07) is 3.38. The van der Waals surface area contributed by atoms with Gasteiger partial charge in [0.1, 0.15) is 5.75 Å². The van der Waals surface area contributed by atoms with Crippen LogP contribution >= 0.6 is 11.6 Å². The molecule has 1 aromatic rings. The van der Waals surface area contributed by atoms with E-state index in [-0.39, 0.29) is 0 Å². The molecule has 3 nitrogen and oxygen atoms in total. The minimum Gasteiger partial charge on any atom is -0.497 e. The van der Waals surface area contributed by atoms with E-state index in [4.69, 9.17) is 21.4 Å². The molecule has 0 heterocycles. The highest BCUT2D eigenvalue weighted by molar-refractivity contribution is 6.31. The molecule has 1 atom stereocenters. The Hall–Kier alpha value is -1.22. The molecule has 0 aliphatic carbocycles. The molecule has 0 saturated heterocycles. The molecule has 0 spiro atoms. The first kappa shape index (κ1) is 11.9. The van der Waals surface area contributed by atoms with Crippen LogP contribution in [0.25, 0.3) is 0 Å². The summed E-state index contributed by atoms with van der Waals surface area (Å²) in [6.07, 6.45) is 0. The van der Waals surface area contributed by atoms with Gasteiger partial charge in [0, 0.05) is 5.02 Å². The van der Waals surface area contributed by atoms with Crippen LogP contribution < -0.4 is 4.74 Å². The van der Waals surface area contributed by atoms with Crippen LogP contribution in [-0.2, 0) is 4.79 Å². The summed E-state index contributed by atoms with van der Waals surface area (Å²) in [5.41, 5.74) is 1.47. The number of ether oxygens (including phenoxy) is 1. The minimum atomic E-state index is -0.873. The molecule has 0 fully saturated rings. The summed E-state index contributed by atoms with van der Waals surface area (Å²) < 4.78 is 5.04. The summed E-state index contributed by atoms with van der Waals surface area (Å²) in [5.74, 6) is -0.881. The van der Waals surface area contributed by atoms with Crippen molar-refractivity contribution in [1.29, 1.82) is 0 Å². The van der Waals surface area contributed by atoms with Gasteiger partial charge in [0.05, 0.1) is 13.0 Å². The van der Waals surface area contributed by atoms with Gasteiger partial charge in [-0.1, -0.05) is 11.6 Å². The summed E-state index contributed by atoms with van der Waals surface area (Å²) >= 11 is 5.97. The lowest BCUT2D eigenvalue weighted by Gasteiger charge is -2.13. The Labute approximate surface area is 93.6 Å². The zero-order valence-corrected chi connectivity index (χ0v) is 9.63. The molecule has 1 unspecified atom stereocenters. The van der Waals surface area contributed by atoms with Gasteiger partial charge < -0.3 is 9.84 Å². The van der Waals surface area contributed by atoms with E-state index in [0.717, 1.165) is 5.56 Å². The number of carboxylic acids is 1. The second-order valence-electron chi connectivity index (χ2n) is 3.38. The molecule has 15 heavy (non-hydrogen) atoms. The number of methoxy groups -OCH3 is 1. The number of rotatable bonds is 3. The van der Waals surface area contributed by atoms with Gasteiger partial charge in [-0.2, -0.15) is 0 Å². The zero-order valence-electron chi connectivity index (χ0n) is 8.87. The fourth-order valence-electron chi connectivity index (χ4n) is 1.37. The quantitative estimate of drug-likeness (QED) is 0.865. The average Bonchev–Trinajstić information content (AvgIpc) is 2.20. The molecule has 1 N–H and O–H groups in total. The van der Waals surface area contributed by atoms with Gasteiger partial charge >= 0.3 is 5.97 Å². The Morgan fingerprint density at radius 2 is 2.13 bits per heavy atom. The van der Waals surface area contributed by atoms with Crippen molar-refractivity contribution < 1.29 is 14.6 Å². The van der Waals surface area contributed by atoms with Crippen molar-refractivity contribution in [3.63, 3.8) is 0 Å². The molecular weight excluding hydrogens is 216 g/mol. The van der Waals surface area contributed by atoms with Crippen LogP contribution in [0.3, 0.4) is 0 Å². The molecule has 4 heteroatoms. The molecule has 0 radical (unpaired) electrons. The zero-order chi connectivity index (χ0) is 11.6. The van der Waals surface area contributed by atoms with Gasteiger partial charge in [-0.05, 0) is 37.1 Å². The van der Waals surface area contributed by atoms with Crippen molar-refractivity contribution in [2.24, 2.45) is 0 Å². The van der Waals surface area contributed by atoms with E-state index < -0.39 is 11.9 Å². The van der Waals surface area contributed by atoms with E-state index in [2.05, 4.69) is 0 Å². The van der Waals surface area contributed by atoms with Crippen molar-refractivity contribution in [3.8, 4) is 5.75 Å². The van der Waals surface area contributed by atoms with Crippen LogP contribution in [0.15, 0.2) is 12.1 Å². The third kappa shape index (κ3) is 2.42. The van der Waals surface area contributed by atoms with E-state index in [1.165, 1.54) is 7.11 Å². The summed E-state index contributed by atoms with van der Waals surface area (Å²) in [5, 5.41) is 9.46. The second kappa shape index (κ2) is 4.53. The Morgan fingerprint density at radius 3 is 2.60 bits per heavy atom. The van der Waals surface area contributed by atoms with Crippen LogP contribution in [0.5, 0.6) is 5.75 Å². The first-order valence-electron chi connectivity index (χ1n) is 4.54. The number of carbonyl (C=O) groups is 1. The van der Waals surface area contributed by atoms with E-state index in [9.17, 15) is 4.79 Å². The first-order valence-corrected chi connectivity index (χ1v) is 4.92. The Balaban J connectivity index is 3.27. The van der Waals surface area contributed by atoms with Crippen LogP contribution in [0.1, 0.15) is 24.0 Å². The minimum absolute atomic E-state index is 0.525. The molecule has 0 aliphatic rings. The predicted molar refractivity (Wildman–Crippen MR) is 58.8 cm³/mol. The maximum absolute atomic E-state index is 10.9. The highest BCUT2D eigenvalue weighted by Crippen LogP contribution is 2.30. The maximum Gasteiger partial charge on any atom is 0.310 e. The van der Waals surface area contributed by atoms with Crippen molar-refractivity contribution in [1.82, 2.24) is 0 Å². The summed E-state index contributed by atoms with van der Waals surface area (Å²) in [7, 11) is 1.52. The van der Waals surface area contributed by atoms with E-state index in [1.807, 2.05) is 0 Å². The number of halogens is 1. The van der Waals surface area contributed by atoms with Gasteiger partial charge in [0.2, 0.25) is 0 Å². The average molecular weight is 229 g/mol. The monoisotopic (exact) mass is 228 g/mol. The number of carboxylic acid groups (broad SMARTS) is 1. The highest BCUT2D eigenvalue weighted by atomic mass is 35.5. The maximum atomic E-state index is 10.9. The van der Waals surface area contributed by atoms with Gasteiger partial charge in [-0.3, -0.25) is 4.79 Å². The van der Waals surface area contributed by atoms with E-state index in [0.29, 0.717) is 16.3 Å². The van der Waals surface area contributed by atoms with Gasteiger partial charge in [-0.15, -0.1) is 0 Å². The topological polar surface area (TPSA) is 46.5 Å². The molecule has 1 aromatic carbocycles. The lowest BCUT2D eigenvalue weighted by Crippen LogP contribution is -2.09. The van der Waals surface area contributed by atoms with Crippen molar-refractivity contribution in [2.75, 3.05) is 7.11 Å². The smallest absolute Gasteiger partial charge is 0.310 e. The lowest BCUT2D eigenvalue weighted by atomic mass is 9.96. The highest BCUT2D eigenvalue weighted by Gasteiger charge is 2.18. The fraction of sp³-hybridized carbons (Fsp3) is 0.364. The SMILES string of the molecule is COc1cc(Cl)c(C)c(C(C)C(=O)O)c1. The number of hydrogen-bond donors (Lipinski definition) is 1. The first-order chi connectivity index (χ1) is 6.97. The van der Waals surface area contributed by atoms with Gasteiger partial charge in [-0.25, -0.2) is 0 Å². The summed E-state index contributed by atoms with van der Waals surface area (Å²) in [4.78, 5) is 10.9. The molecule has 0 amide bonds. The van der Waals surface area contributed by atoms with Crippen molar-refractivity contribution in [3.05, 3.63) is 28.3 Å². The van der Waals surface area contributed by atoms with Crippen LogP contribution in [0.2, 0.25) is 5.02 Å². The molecular formula is C11H13ClO3. The normalized spacial score (nSPS) is 12.3. The number of hydrogen-bond acceptors (Lipinski definition) is 2. The van der Waals surface area contributed by atoms with Crippen LogP contribution in [0, 0.1) is 6.92 Å². The number of aliphatic carboxylic acids is 1. The number of benzene rings is 1. The standard InChI is InChI=1S/C11H13ClO3/c1-6-9(7(2)11(13)14)4-8(15-3)5-10(6)12/h4-5,7H,1-3H3,(H,13,14). The van der Waals surface area contributed by atoms with Gasteiger partial charge in [0.15, 0.2) is 0 Å². The van der Waals surface area contributed by atoms with Gasteiger partial charge in [0.25, 0.3) is 0 Å². The predicted octanol–water partition coefficient (Wildman–Crippen LogP) is 2.85. The Kier molecular flexibility index (Phi) is 3.58. The van der Waals surface area contributed by atoms with Crippen molar-refractivity contribution >= 4 is 17.6 Å². The molecule has 0 bridgehead atoms. The Morgan fingerprint density at radius 1 is 1.53 bits per heavy atom. The van der Waals surface area contributed by atoms with Crippen molar-refractivity contribution in [2.45, 2.75) is 19.8 Å². The Bertz CT molecular complexity index is 388. The second-order valence-corrected chi connectivity index (χ2v) is 3.79. The third-order valence-electron chi connectivity index (χ3n) is 2.43. The molecule has 82 valence electrons. The largest absolute Gasteiger partial charge is 0.497 e. The molecule has 1 rings (SSSR count). The molecule has 0 aliphatic heterocycles. The lowest BCUT2D eigenvalue weighted by molar-refractivity contribution is -0.138. The van der Waals surface area contributed by atoms with E-state index in [1.54, 1.807) is 26.0 Å². The molecule has 0 aromatic heterocycles. The summed E-state index contributed by atoms with van der Waals surface area (Å²) in [6.45, 7) is 3.43. The molecule has 0 saturated carbocycles.